The number of hydrogen-bond donors (Lipinski definition) is 1. The van der Waals surface area contributed by atoms with Gasteiger partial charge in [-0.25, -0.2) is 0 Å². The quantitative estimate of drug-likeness (QED) is 0.756. The molecule has 1 aliphatic heterocycles. The van der Waals surface area contributed by atoms with Gasteiger partial charge in [-0.05, 0) is 18.6 Å². The lowest BCUT2D eigenvalue weighted by Crippen LogP contribution is -2.51. The van der Waals surface area contributed by atoms with Crippen LogP contribution in [-0.4, -0.2) is 30.7 Å². The SMILES string of the molecule is CCC1CNCCN1c1[c]nccc1. The average Bonchev–Trinajstić information content (AvgIpc) is 2.30. The molecule has 1 atom stereocenters. The number of nitrogens with one attached hydrogen (secondary N) is 1. The van der Waals surface area contributed by atoms with E-state index in [0.29, 0.717) is 6.04 Å². The molecule has 1 unspecified atom stereocenters. The summed E-state index contributed by atoms with van der Waals surface area (Å²) in [5, 5.41) is 3.41. The first-order valence-corrected chi connectivity index (χ1v) is 5.22. The van der Waals surface area contributed by atoms with Gasteiger partial charge in [0.2, 0.25) is 0 Å². The number of pyridine rings is 1. The van der Waals surface area contributed by atoms with Gasteiger partial charge in [-0.1, -0.05) is 6.92 Å². The zero-order valence-corrected chi connectivity index (χ0v) is 8.53. The lowest BCUT2D eigenvalue weighted by molar-refractivity contribution is 0.466. The second-order valence-corrected chi connectivity index (χ2v) is 3.59. The topological polar surface area (TPSA) is 28.2 Å². The molecule has 1 N–H and O–H groups in total. The van der Waals surface area contributed by atoms with Crippen LogP contribution in [0.2, 0.25) is 0 Å². The van der Waals surface area contributed by atoms with E-state index >= 15 is 0 Å². The molecule has 1 aliphatic rings. The third-order valence-corrected chi connectivity index (χ3v) is 2.72. The summed E-state index contributed by atoms with van der Waals surface area (Å²) in [7, 11) is 0. The highest BCUT2D eigenvalue weighted by Crippen LogP contribution is 2.17. The fourth-order valence-electron chi connectivity index (χ4n) is 1.92. The van der Waals surface area contributed by atoms with Crippen LogP contribution in [0.5, 0.6) is 0 Å². The summed E-state index contributed by atoms with van der Waals surface area (Å²) >= 11 is 0. The van der Waals surface area contributed by atoms with E-state index in [0.717, 1.165) is 31.7 Å². The molecule has 0 saturated carbocycles. The number of anilines is 1. The van der Waals surface area contributed by atoms with Crippen LogP contribution in [0.1, 0.15) is 13.3 Å². The Bertz CT molecular complexity index is 273. The lowest BCUT2D eigenvalue weighted by atomic mass is 10.1. The normalized spacial score (nSPS) is 22.4. The molecule has 0 bridgehead atoms. The Kier molecular flexibility index (Phi) is 2.99. The third kappa shape index (κ3) is 1.87. The molecule has 1 radical (unpaired) electrons. The summed E-state index contributed by atoms with van der Waals surface area (Å²) in [5.74, 6) is 0. The van der Waals surface area contributed by atoms with Crippen molar-refractivity contribution >= 4 is 5.69 Å². The predicted octanol–water partition coefficient (Wildman–Crippen LogP) is 1.07. The monoisotopic (exact) mass is 190 g/mol. The second kappa shape index (κ2) is 4.42. The Hall–Kier alpha value is -1.09. The Morgan fingerprint density at radius 3 is 3.36 bits per heavy atom. The minimum Gasteiger partial charge on any atom is -0.364 e. The average molecular weight is 190 g/mol. The lowest BCUT2D eigenvalue weighted by Gasteiger charge is -2.37. The van der Waals surface area contributed by atoms with Crippen LogP contribution in [0.25, 0.3) is 0 Å². The molecule has 3 nitrogen and oxygen atoms in total. The van der Waals surface area contributed by atoms with Gasteiger partial charge in [0, 0.05) is 31.9 Å². The van der Waals surface area contributed by atoms with Crippen molar-refractivity contribution in [1.82, 2.24) is 10.3 Å². The van der Waals surface area contributed by atoms with Crippen LogP contribution in [-0.2, 0) is 0 Å². The number of nitrogens with zero attached hydrogens (tertiary/aromatic N) is 2. The number of aromatic nitrogens is 1. The van der Waals surface area contributed by atoms with Crippen LogP contribution < -0.4 is 10.2 Å². The van der Waals surface area contributed by atoms with Crippen LogP contribution in [0.4, 0.5) is 5.69 Å². The van der Waals surface area contributed by atoms with Crippen molar-refractivity contribution in [1.29, 1.82) is 0 Å². The number of piperazine rings is 1. The molecule has 0 aromatic carbocycles. The molecule has 1 fully saturated rings. The van der Waals surface area contributed by atoms with E-state index in [9.17, 15) is 0 Å². The van der Waals surface area contributed by atoms with Crippen molar-refractivity contribution in [3.05, 3.63) is 24.5 Å². The predicted molar refractivity (Wildman–Crippen MR) is 57.4 cm³/mol. The summed E-state index contributed by atoms with van der Waals surface area (Å²) in [6, 6.07) is 4.64. The van der Waals surface area contributed by atoms with Gasteiger partial charge in [-0.15, -0.1) is 0 Å². The van der Waals surface area contributed by atoms with Gasteiger partial charge in [0.15, 0.2) is 0 Å². The van der Waals surface area contributed by atoms with Crippen molar-refractivity contribution in [2.24, 2.45) is 0 Å². The first-order valence-electron chi connectivity index (χ1n) is 5.22. The molecule has 1 aromatic heterocycles. The summed E-state index contributed by atoms with van der Waals surface area (Å²) < 4.78 is 0. The summed E-state index contributed by atoms with van der Waals surface area (Å²) in [4.78, 5) is 6.43. The summed E-state index contributed by atoms with van der Waals surface area (Å²) in [5.41, 5.74) is 1.13. The van der Waals surface area contributed by atoms with Gasteiger partial charge >= 0.3 is 0 Å². The van der Waals surface area contributed by atoms with Crippen molar-refractivity contribution in [2.75, 3.05) is 24.5 Å². The van der Waals surface area contributed by atoms with Gasteiger partial charge < -0.3 is 10.2 Å². The number of hydrogen-bond acceptors (Lipinski definition) is 3. The summed E-state index contributed by atoms with van der Waals surface area (Å²) in [6.07, 6.45) is 5.98. The van der Waals surface area contributed by atoms with Crippen LogP contribution in [0, 0.1) is 6.20 Å². The largest absolute Gasteiger partial charge is 0.364 e. The zero-order valence-electron chi connectivity index (χ0n) is 8.53. The van der Waals surface area contributed by atoms with E-state index in [1.165, 1.54) is 0 Å². The van der Waals surface area contributed by atoms with Crippen molar-refractivity contribution in [3.63, 3.8) is 0 Å². The highest BCUT2D eigenvalue weighted by molar-refractivity contribution is 5.44. The van der Waals surface area contributed by atoms with Crippen LogP contribution in [0.15, 0.2) is 18.3 Å². The smallest absolute Gasteiger partial charge is 0.114 e. The molecule has 0 spiro atoms. The first kappa shape index (κ1) is 9.46. The molecular formula is C11H16N3. The maximum atomic E-state index is 4.04. The van der Waals surface area contributed by atoms with Gasteiger partial charge in [0.05, 0.1) is 5.69 Å². The van der Waals surface area contributed by atoms with E-state index in [4.69, 9.17) is 0 Å². The second-order valence-electron chi connectivity index (χ2n) is 3.59. The molecule has 3 heteroatoms. The summed E-state index contributed by atoms with van der Waals surface area (Å²) in [6.45, 7) is 5.40. The Balaban J connectivity index is 2.15. The number of rotatable bonds is 2. The maximum absolute atomic E-state index is 4.04. The highest BCUT2D eigenvalue weighted by atomic mass is 15.2. The molecule has 2 heterocycles. The fraction of sp³-hybridized carbons (Fsp3) is 0.545. The molecule has 75 valence electrons. The molecule has 1 saturated heterocycles. The molecule has 0 aliphatic carbocycles. The molecular weight excluding hydrogens is 174 g/mol. The fourth-order valence-corrected chi connectivity index (χ4v) is 1.92. The van der Waals surface area contributed by atoms with Crippen molar-refractivity contribution in [2.45, 2.75) is 19.4 Å². The third-order valence-electron chi connectivity index (χ3n) is 2.72. The Labute approximate surface area is 85.1 Å². The Morgan fingerprint density at radius 1 is 1.71 bits per heavy atom. The minimum absolute atomic E-state index is 0.587. The molecule has 0 amide bonds. The van der Waals surface area contributed by atoms with Crippen molar-refractivity contribution < 1.29 is 0 Å². The van der Waals surface area contributed by atoms with Gasteiger partial charge in [-0.3, -0.25) is 4.98 Å². The van der Waals surface area contributed by atoms with E-state index in [-0.39, 0.29) is 0 Å². The minimum atomic E-state index is 0.587. The standard InChI is InChI=1S/C11H16N3/c1-2-10-8-13-6-7-14(10)11-4-3-5-12-9-11/h3-5,10,13H,2,6-8H2,1H3. The van der Waals surface area contributed by atoms with E-state index in [1.807, 2.05) is 6.07 Å². The van der Waals surface area contributed by atoms with Gasteiger partial charge in [0.25, 0.3) is 0 Å². The van der Waals surface area contributed by atoms with Gasteiger partial charge in [-0.2, -0.15) is 0 Å². The van der Waals surface area contributed by atoms with Crippen LogP contribution in [0.3, 0.4) is 0 Å². The zero-order chi connectivity index (χ0) is 9.80. The first-order chi connectivity index (χ1) is 6.92. The Morgan fingerprint density at radius 2 is 2.64 bits per heavy atom. The van der Waals surface area contributed by atoms with Gasteiger partial charge in [0.1, 0.15) is 6.20 Å². The van der Waals surface area contributed by atoms with E-state index < -0.39 is 0 Å². The molecule has 14 heavy (non-hydrogen) atoms. The van der Waals surface area contributed by atoms with Crippen LogP contribution >= 0.6 is 0 Å². The highest BCUT2D eigenvalue weighted by Gasteiger charge is 2.20. The molecule has 1 aromatic rings. The van der Waals surface area contributed by atoms with E-state index in [2.05, 4.69) is 34.4 Å². The molecule has 2 rings (SSSR count). The van der Waals surface area contributed by atoms with E-state index in [1.54, 1.807) is 6.20 Å². The maximum Gasteiger partial charge on any atom is 0.114 e. The van der Waals surface area contributed by atoms with Crippen molar-refractivity contribution in [3.8, 4) is 0 Å².